The van der Waals surface area contributed by atoms with Gasteiger partial charge in [0.2, 0.25) is 11.8 Å². The SMILES string of the molecule is O=C(NCC1CC1)[C@@H]1C[C@@]12C(=O)Nc1ccccc12. The van der Waals surface area contributed by atoms with Crippen LogP contribution in [0.15, 0.2) is 24.3 Å². The van der Waals surface area contributed by atoms with Crippen LogP contribution in [0.2, 0.25) is 0 Å². The summed E-state index contributed by atoms with van der Waals surface area (Å²) in [6.45, 7) is 0.772. The van der Waals surface area contributed by atoms with E-state index in [1.165, 1.54) is 12.8 Å². The molecule has 19 heavy (non-hydrogen) atoms. The number of nitrogens with one attached hydrogen (secondary N) is 2. The maximum Gasteiger partial charge on any atom is 0.235 e. The Labute approximate surface area is 111 Å². The summed E-state index contributed by atoms with van der Waals surface area (Å²) >= 11 is 0. The summed E-state index contributed by atoms with van der Waals surface area (Å²) in [6.07, 6.45) is 3.09. The molecule has 1 aromatic rings. The van der Waals surface area contributed by atoms with E-state index in [1.807, 2.05) is 24.3 Å². The Morgan fingerprint density at radius 2 is 2.16 bits per heavy atom. The lowest BCUT2D eigenvalue weighted by molar-refractivity contribution is -0.125. The van der Waals surface area contributed by atoms with Crippen molar-refractivity contribution in [1.82, 2.24) is 5.32 Å². The fourth-order valence-electron chi connectivity index (χ4n) is 3.16. The van der Waals surface area contributed by atoms with Crippen LogP contribution in [-0.2, 0) is 15.0 Å². The van der Waals surface area contributed by atoms with Crippen molar-refractivity contribution in [1.29, 1.82) is 0 Å². The van der Waals surface area contributed by atoms with Gasteiger partial charge in [0, 0.05) is 12.2 Å². The summed E-state index contributed by atoms with van der Waals surface area (Å²) < 4.78 is 0. The molecule has 1 heterocycles. The van der Waals surface area contributed by atoms with Gasteiger partial charge in [-0.2, -0.15) is 0 Å². The number of rotatable bonds is 3. The zero-order valence-electron chi connectivity index (χ0n) is 10.6. The largest absolute Gasteiger partial charge is 0.356 e. The second-order valence-corrected chi connectivity index (χ2v) is 5.92. The first-order valence-electron chi connectivity index (χ1n) is 6.90. The Bertz CT molecular complexity index is 579. The van der Waals surface area contributed by atoms with Gasteiger partial charge in [-0.25, -0.2) is 0 Å². The summed E-state index contributed by atoms with van der Waals surface area (Å²) in [5.74, 6) is 0.511. The smallest absolute Gasteiger partial charge is 0.235 e. The molecular weight excluding hydrogens is 240 g/mol. The van der Waals surface area contributed by atoms with Crippen LogP contribution in [0.1, 0.15) is 24.8 Å². The first-order valence-corrected chi connectivity index (χ1v) is 6.90. The van der Waals surface area contributed by atoms with Gasteiger partial charge in [-0.05, 0) is 36.8 Å². The molecule has 2 fully saturated rings. The minimum absolute atomic E-state index is 0.0136. The molecule has 2 amide bonds. The minimum Gasteiger partial charge on any atom is -0.356 e. The van der Waals surface area contributed by atoms with E-state index >= 15 is 0 Å². The van der Waals surface area contributed by atoms with Gasteiger partial charge in [-0.3, -0.25) is 9.59 Å². The Balaban J connectivity index is 1.56. The highest BCUT2D eigenvalue weighted by molar-refractivity contribution is 6.12. The predicted molar refractivity (Wildman–Crippen MR) is 70.6 cm³/mol. The van der Waals surface area contributed by atoms with E-state index in [0.717, 1.165) is 17.8 Å². The fraction of sp³-hybridized carbons (Fsp3) is 0.467. The van der Waals surface area contributed by atoms with Gasteiger partial charge in [-0.1, -0.05) is 18.2 Å². The number of anilines is 1. The molecule has 2 atom stereocenters. The molecule has 0 aromatic heterocycles. The van der Waals surface area contributed by atoms with Crippen molar-refractivity contribution in [2.45, 2.75) is 24.7 Å². The van der Waals surface area contributed by atoms with Crippen LogP contribution in [0.5, 0.6) is 0 Å². The third-order valence-corrected chi connectivity index (χ3v) is 4.60. The minimum atomic E-state index is -0.579. The van der Waals surface area contributed by atoms with E-state index in [4.69, 9.17) is 0 Å². The first kappa shape index (κ1) is 11.0. The van der Waals surface area contributed by atoms with Crippen LogP contribution in [0, 0.1) is 11.8 Å². The molecule has 0 bridgehead atoms. The van der Waals surface area contributed by atoms with E-state index in [0.29, 0.717) is 12.3 Å². The number of benzene rings is 1. The highest BCUT2D eigenvalue weighted by Crippen LogP contribution is 2.59. The summed E-state index contributed by atoms with van der Waals surface area (Å²) in [6, 6.07) is 7.70. The van der Waals surface area contributed by atoms with Crippen molar-refractivity contribution in [2.24, 2.45) is 11.8 Å². The molecule has 98 valence electrons. The van der Waals surface area contributed by atoms with E-state index in [2.05, 4.69) is 10.6 Å². The van der Waals surface area contributed by atoms with Crippen molar-refractivity contribution >= 4 is 17.5 Å². The maximum absolute atomic E-state index is 12.2. The van der Waals surface area contributed by atoms with E-state index in [-0.39, 0.29) is 17.7 Å². The standard InChI is InChI=1S/C15H16N2O2/c18-13(16-8-9-5-6-9)11-7-15(11)10-3-1-2-4-12(10)17-14(15)19/h1-4,9,11H,5-8H2,(H,16,18)(H,17,19)/t11-,15-/m0/s1. The van der Waals surface area contributed by atoms with Crippen molar-refractivity contribution in [3.8, 4) is 0 Å². The van der Waals surface area contributed by atoms with Crippen molar-refractivity contribution in [3.63, 3.8) is 0 Å². The summed E-state index contributed by atoms with van der Waals surface area (Å²) in [5.41, 5.74) is 1.28. The van der Waals surface area contributed by atoms with Crippen LogP contribution < -0.4 is 10.6 Å². The average molecular weight is 256 g/mol. The summed E-state index contributed by atoms with van der Waals surface area (Å²) in [7, 11) is 0. The molecule has 1 aromatic carbocycles. The third kappa shape index (κ3) is 1.52. The molecule has 2 aliphatic carbocycles. The van der Waals surface area contributed by atoms with E-state index in [1.54, 1.807) is 0 Å². The second-order valence-electron chi connectivity index (χ2n) is 5.92. The van der Waals surface area contributed by atoms with Gasteiger partial charge >= 0.3 is 0 Å². The lowest BCUT2D eigenvalue weighted by Crippen LogP contribution is -2.32. The van der Waals surface area contributed by atoms with Gasteiger partial charge in [0.1, 0.15) is 0 Å². The number of carbonyl (C=O) groups is 2. The molecule has 3 aliphatic rings. The third-order valence-electron chi connectivity index (χ3n) is 4.60. The molecule has 4 rings (SSSR count). The quantitative estimate of drug-likeness (QED) is 0.859. The summed E-state index contributed by atoms with van der Waals surface area (Å²) in [4.78, 5) is 24.4. The predicted octanol–water partition coefficient (Wildman–Crippen LogP) is 1.42. The lowest BCUT2D eigenvalue weighted by Gasteiger charge is -2.08. The van der Waals surface area contributed by atoms with Crippen LogP contribution in [0.3, 0.4) is 0 Å². The van der Waals surface area contributed by atoms with Crippen LogP contribution >= 0.6 is 0 Å². The molecule has 2 N–H and O–H groups in total. The average Bonchev–Trinajstić information content (AvgIpc) is 3.29. The Morgan fingerprint density at radius 1 is 1.37 bits per heavy atom. The monoisotopic (exact) mass is 256 g/mol. The van der Waals surface area contributed by atoms with Gasteiger partial charge in [0.05, 0.1) is 11.3 Å². The van der Waals surface area contributed by atoms with Gasteiger partial charge in [0.15, 0.2) is 0 Å². The molecule has 2 saturated carbocycles. The number of hydrogen-bond acceptors (Lipinski definition) is 2. The molecule has 0 radical (unpaired) electrons. The maximum atomic E-state index is 12.2. The topological polar surface area (TPSA) is 58.2 Å². The molecule has 4 nitrogen and oxygen atoms in total. The van der Waals surface area contributed by atoms with Crippen molar-refractivity contribution < 1.29 is 9.59 Å². The zero-order valence-corrected chi connectivity index (χ0v) is 10.6. The number of fused-ring (bicyclic) bond motifs is 2. The van der Waals surface area contributed by atoms with Crippen molar-refractivity contribution in [2.75, 3.05) is 11.9 Å². The summed E-state index contributed by atoms with van der Waals surface area (Å²) in [5, 5.41) is 5.88. The van der Waals surface area contributed by atoms with Gasteiger partial charge in [-0.15, -0.1) is 0 Å². The number of amides is 2. The normalized spacial score (nSPS) is 30.9. The van der Waals surface area contributed by atoms with Crippen molar-refractivity contribution in [3.05, 3.63) is 29.8 Å². The lowest BCUT2D eigenvalue weighted by atomic mass is 9.94. The molecule has 4 heteroatoms. The Morgan fingerprint density at radius 3 is 2.95 bits per heavy atom. The molecule has 0 unspecified atom stereocenters. The van der Waals surface area contributed by atoms with Gasteiger partial charge in [0.25, 0.3) is 0 Å². The van der Waals surface area contributed by atoms with E-state index in [9.17, 15) is 9.59 Å². The second kappa shape index (κ2) is 3.59. The molecule has 1 aliphatic heterocycles. The van der Waals surface area contributed by atoms with Crippen LogP contribution in [0.4, 0.5) is 5.69 Å². The fourth-order valence-corrected chi connectivity index (χ4v) is 3.16. The highest BCUT2D eigenvalue weighted by atomic mass is 16.2. The van der Waals surface area contributed by atoms with Crippen LogP contribution in [-0.4, -0.2) is 18.4 Å². The molecule has 1 spiro atoms. The highest BCUT2D eigenvalue weighted by Gasteiger charge is 2.67. The molecular formula is C15H16N2O2. The van der Waals surface area contributed by atoms with E-state index < -0.39 is 5.41 Å². The number of para-hydroxylation sites is 1. The Kier molecular flexibility index (Phi) is 2.08. The molecule has 0 saturated heterocycles. The van der Waals surface area contributed by atoms with Gasteiger partial charge < -0.3 is 10.6 Å². The first-order chi connectivity index (χ1) is 9.22. The Hall–Kier alpha value is -1.84. The number of carbonyl (C=O) groups excluding carboxylic acids is 2. The zero-order chi connectivity index (χ0) is 13.0. The van der Waals surface area contributed by atoms with Crippen LogP contribution in [0.25, 0.3) is 0 Å². The number of hydrogen-bond donors (Lipinski definition) is 2.